The fourth-order valence-electron chi connectivity index (χ4n) is 6.94. The van der Waals surface area contributed by atoms with E-state index in [0.29, 0.717) is 16.7 Å². The maximum atomic E-state index is 10.6. The quantitative estimate of drug-likeness (QED) is 0.191. The van der Waals surface area contributed by atoms with Crippen molar-refractivity contribution in [2.24, 2.45) is 0 Å². The number of furan rings is 2. The summed E-state index contributed by atoms with van der Waals surface area (Å²) in [5.74, 6) is 0. The van der Waals surface area contributed by atoms with Crippen LogP contribution in [0.1, 0.15) is 16.7 Å². The van der Waals surface area contributed by atoms with Gasteiger partial charge in [0, 0.05) is 32.7 Å². The molecule has 2 aromatic heterocycles. The Bertz CT molecular complexity index is 2810. The van der Waals surface area contributed by atoms with Crippen molar-refractivity contribution in [2.75, 3.05) is 0 Å². The summed E-state index contributed by atoms with van der Waals surface area (Å²) in [6, 6.07) is 52.5. The second-order valence-corrected chi connectivity index (χ2v) is 12.3. The predicted octanol–water partition coefficient (Wildman–Crippen LogP) is 11.8. The summed E-state index contributed by atoms with van der Waals surface area (Å²) in [5, 5.41) is 33.3. The zero-order valence-electron chi connectivity index (χ0n) is 26.4. The molecule has 0 spiro atoms. The van der Waals surface area contributed by atoms with Gasteiger partial charge in [0.1, 0.15) is 28.4 Å². The Balaban J connectivity index is 1.29. The Morgan fingerprint density at radius 3 is 1.30 bits per heavy atom. The molecule has 5 nitrogen and oxygen atoms in total. The predicted molar refractivity (Wildman–Crippen MR) is 197 cm³/mol. The highest BCUT2D eigenvalue weighted by molar-refractivity contribution is 6.08. The lowest BCUT2D eigenvalue weighted by Gasteiger charge is -2.14. The second-order valence-electron chi connectivity index (χ2n) is 12.3. The normalized spacial score (nSPS) is 11.1. The van der Waals surface area contributed by atoms with Gasteiger partial charge in [-0.25, -0.2) is 0 Å². The summed E-state index contributed by atoms with van der Waals surface area (Å²) in [6.45, 7) is 0. The number of rotatable bonds is 4. The Morgan fingerprint density at radius 2 is 0.800 bits per heavy atom. The van der Waals surface area contributed by atoms with Crippen molar-refractivity contribution in [3.8, 4) is 62.7 Å². The van der Waals surface area contributed by atoms with E-state index in [9.17, 15) is 15.8 Å². The van der Waals surface area contributed by atoms with Crippen molar-refractivity contribution in [3.05, 3.63) is 156 Å². The number of fused-ring (bicyclic) bond motifs is 6. The lowest BCUT2D eigenvalue weighted by Crippen LogP contribution is -1.92. The summed E-state index contributed by atoms with van der Waals surface area (Å²) < 4.78 is 12.2. The zero-order chi connectivity index (χ0) is 33.8. The van der Waals surface area contributed by atoms with Crippen LogP contribution in [0.4, 0.5) is 0 Å². The molecule has 5 heteroatoms. The average Bonchev–Trinajstić information content (AvgIpc) is 3.74. The first-order valence-electron chi connectivity index (χ1n) is 16.1. The molecule has 0 N–H and O–H groups in total. The SMILES string of the molecule is N#Cc1ccc2oc3ccc(-c4cc(-c5ccc6oc7ccc(C#N)cc7c6c5)cc(-c5cccc(-c6ccccc6)c5C#N)c4)cc3c2c1. The molecule has 0 saturated carbocycles. The third-order valence-electron chi connectivity index (χ3n) is 9.37. The van der Waals surface area contributed by atoms with Crippen LogP contribution in [-0.2, 0) is 0 Å². The van der Waals surface area contributed by atoms with Gasteiger partial charge in [-0.2, -0.15) is 15.8 Å². The number of hydrogen-bond donors (Lipinski definition) is 0. The smallest absolute Gasteiger partial charge is 0.135 e. The van der Waals surface area contributed by atoms with Crippen molar-refractivity contribution in [1.29, 1.82) is 15.8 Å². The van der Waals surface area contributed by atoms with Crippen LogP contribution in [0.3, 0.4) is 0 Å². The second kappa shape index (κ2) is 11.4. The molecule has 0 unspecified atom stereocenters. The minimum absolute atomic E-state index is 0.571. The topological polar surface area (TPSA) is 97.7 Å². The van der Waals surface area contributed by atoms with Gasteiger partial charge in [-0.05, 0) is 112 Å². The molecule has 0 amide bonds. The van der Waals surface area contributed by atoms with Gasteiger partial charge in [0.15, 0.2) is 0 Å². The van der Waals surface area contributed by atoms with Crippen LogP contribution < -0.4 is 0 Å². The fourth-order valence-corrected chi connectivity index (χ4v) is 6.94. The highest BCUT2D eigenvalue weighted by Gasteiger charge is 2.17. The first-order chi connectivity index (χ1) is 24.6. The fraction of sp³-hybridized carbons (Fsp3) is 0. The summed E-state index contributed by atoms with van der Waals surface area (Å²) in [6.07, 6.45) is 0. The van der Waals surface area contributed by atoms with E-state index in [1.54, 1.807) is 12.1 Å². The minimum atomic E-state index is 0.571. The van der Waals surface area contributed by atoms with Gasteiger partial charge in [-0.15, -0.1) is 0 Å². The first kappa shape index (κ1) is 28.8. The summed E-state index contributed by atoms with van der Waals surface area (Å²) in [5.41, 5.74) is 12.1. The molecule has 0 aliphatic heterocycles. The molecule has 9 rings (SSSR count). The third-order valence-corrected chi connectivity index (χ3v) is 9.37. The van der Waals surface area contributed by atoms with Gasteiger partial charge in [0.25, 0.3) is 0 Å². The van der Waals surface area contributed by atoms with Crippen molar-refractivity contribution >= 4 is 43.9 Å². The van der Waals surface area contributed by atoms with E-state index in [2.05, 4.69) is 48.5 Å². The van der Waals surface area contributed by atoms with E-state index in [0.717, 1.165) is 88.4 Å². The zero-order valence-corrected chi connectivity index (χ0v) is 26.4. The molecule has 0 aliphatic rings. The van der Waals surface area contributed by atoms with Gasteiger partial charge in [0.05, 0.1) is 28.8 Å². The van der Waals surface area contributed by atoms with Crippen LogP contribution >= 0.6 is 0 Å². The molecule has 7 aromatic carbocycles. The lowest BCUT2D eigenvalue weighted by molar-refractivity contribution is 0.668. The minimum Gasteiger partial charge on any atom is -0.456 e. The van der Waals surface area contributed by atoms with Crippen LogP contribution in [-0.4, -0.2) is 0 Å². The van der Waals surface area contributed by atoms with E-state index >= 15 is 0 Å². The molecule has 50 heavy (non-hydrogen) atoms. The molecule has 0 radical (unpaired) electrons. The van der Waals surface area contributed by atoms with E-state index in [1.165, 1.54) is 0 Å². The van der Waals surface area contributed by atoms with E-state index in [-0.39, 0.29) is 0 Å². The molecule has 0 fully saturated rings. The molecule has 9 aromatic rings. The lowest BCUT2D eigenvalue weighted by atomic mass is 9.88. The van der Waals surface area contributed by atoms with Crippen molar-refractivity contribution in [2.45, 2.75) is 0 Å². The number of hydrogen-bond acceptors (Lipinski definition) is 5. The highest BCUT2D eigenvalue weighted by atomic mass is 16.3. The van der Waals surface area contributed by atoms with Gasteiger partial charge in [-0.1, -0.05) is 60.7 Å². The Hall–Kier alpha value is -7.39. The molecule has 0 bridgehead atoms. The molecular weight excluding hydrogens is 615 g/mol. The Kier molecular flexibility index (Phi) is 6.56. The number of nitrogens with zero attached hydrogens (tertiary/aromatic N) is 3. The summed E-state index contributed by atoms with van der Waals surface area (Å²) >= 11 is 0. The molecule has 2 heterocycles. The highest BCUT2D eigenvalue weighted by Crippen LogP contribution is 2.40. The third kappa shape index (κ3) is 4.69. The Morgan fingerprint density at radius 1 is 0.340 bits per heavy atom. The number of nitriles is 3. The monoisotopic (exact) mass is 637 g/mol. The maximum Gasteiger partial charge on any atom is 0.135 e. The maximum absolute atomic E-state index is 10.6. The Labute approximate surface area is 286 Å². The summed E-state index contributed by atoms with van der Waals surface area (Å²) in [4.78, 5) is 0. The molecule has 0 aliphatic carbocycles. The molecule has 0 saturated heterocycles. The van der Waals surface area contributed by atoms with Crippen molar-refractivity contribution in [1.82, 2.24) is 0 Å². The summed E-state index contributed by atoms with van der Waals surface area (Å²) in [7, 11) is 0. The average molecular weight is 638 g/mol. The van der Waals surface area contributed by atoms with E-state index in [4.69, 9.17) is 8.83 Å². The van der Waals surface area contributed by atoms with Gasteiger partial charge < -0.3 is 8.83 Å². The van der Waals surface area contributed by atoms with Crippen LogP contribution in [0.2, 0.25) is 0 Å². The largest absolute Gasteiger partial charge is 0.456 e. The molecule has 0 atom stereocenters. The van der Waals surface area contributed by atoms with Crippen LogP contribution in [0.15, 0.2) is 148 Å². The van der Waals surface area contributed by atoms with E-state index in [1.807, 2.05) is 97.1 Å². The van der Waals surface area contributed by atoms with Crippen LogP contribution in [0.5, 0.6) is 0 Å². The van der Waals surface area contributed by atoms with Gasteiger partial charge >= 0.3 is 0 Å². The standard InChI is InChI=1S/C45H23N3O2/c46-24-27-9-13-42-37(17-27)39-22-30(11-15-44(39)49-42)32-19-33(31-12-16-45-40(23-31)38-18-28(25-47)10-14-43(38)50-45)21-34(20-32)36-8-4-7-35(41(36)26-48)29-5-2-1-3-6-29/h1-23H. The van der Waals surface area contributed by atoms with Crippen LogP contribution in [0.25, 0.3) is 88.4 Å². The van der Waals surface area contributed by atoms with Gasteiger partial charge in [-0.3, -0.25) is 0 Å². The number of benzene rings is 7. The van der Waals surface area contributed by atoms with Crippen molar-refractivity contribution < 1.29 is 8.83 Å². The molecule has 230 valence electrons. The first-order valence-corrected chi connectivity index (χ1v) is 16.1. The van der Waals surface area contributed by atoms with Crippen molar-refractivity contribution in [3.63, 3.8) is 0 Å². The van der Waals surface area contributed by atoms with E-state index < -0.39 is 0 Å². The molecular formula is C45H23N3O2. The van der Waals surface area contributed by atoms with Crippen LogP contribution in [0, 0.1) is 34.0 Å². The van der Waals surface area contributed by atoms with Gasteiger partial charge in [0.2, 0.25) is 0 Å².